The van der Waals surface area contributed by atoms with Gasteiger partial charge in [0.15, 0.2) is 0 Å². The maximum Gasteiger partial charge on any atom is 0.247 e. The van der Waals surface area contributed by atoms with Gasteiger partial charge in [0, 0.05) is 31.0 Å². The first-order valence-corrected chi connectivity index (χ1v) is 7.68. The molecule has 3 heterocycles. The van der Waals surface area contributed by atoms with E-state index in [1.165, 1.54) is 12.8 Å². The van der Waals surface area contributed by atoms with Crippen LogP contribution in [-0.2, 0) is 4.79 Å². The molecule has 3 atom stereocenters. The first-order chi connectivity index (χ1) is 9.68. The molecule has 1 aromatic rings. The maximum atomic E-state index is 12.8. The Balaban J connectivity index is 1.73. The van der Waals surface area contributed by atoms with Crippen LogP contribution in [0.5, 0.6) is 0 Å². The molecule has 0 aromatic carbocycles. The van der Waals surface area contributed by atoms with Gasteiger partial charge in [0.2, 0.25) is 5.91 Å². The van der Waals surface area contributed by atoms with Gasteiger partial charge >= 0.3 is 0 Å². The van der Waals surface area contributed by atoms with Gasteiger partial charge < -0.3 is 9.80 Å². The molecule has 2 aliphatic heterocycles. The summed E-state index contributed by atoms with van der Waals surface area (Å²) in [6.45, 7) is 4.01. The van der Waals surface area contributed by atoms with Gasteiger partial charge in [-0.2, -0.15) is 5.10 Å². The molecule has 0 aliphatic carbocycles. The number of aromatic nitrogens is 2. The molecule has 3 unspecified atom stereocenters. The monoisotopic (exact) mass is 276 g/mol. The molecule has 5 heteroatoms. The molecule has 3 rings (SSSR count). The van der Waals surface area contributed by atoms with Crippen LogP contribution in [0, 0.1) is 0 Å². The van der Waals surface area contributed by atoms with E-state index in [2.05, 4.69) is 21.9 Å². The summed E-state index contributed by atoms with van der Waals surface area (Å²) >= 11 is 0. The lowest BCUT2D eigenvalue weighted by molar-refractivity contribution is -0.136. The molecule has 2 aliphatic rings. The predicted octanol–water partition coefficient (Wildman–Crippen LogP) is 1.53. The van der Waals surface area contributed by atoms with Crippen molar-refractivity contribution in [1.29, 1.82) is 0 Å². The molecule has 2 saturated heterocycles. The van der Waals surface area contributed by atoms with Gasteiger partial charge in [0.25, 0.3) is 0 Å². The summed E-state index contributed by atoms with van der Waals surface area (Å²) in [5, 5.41) is 4.20. The summed E-state index contributed by atoms with van der Waals surface area (Å²) in [6, 6.07) is 2.62. The van der Waals surface area contributed by atoms with E-state index in [0.29, 0.717) is 12.1 Å². The lowest BCUT2D eigenvalue weighted by atomic mass is 10.0. The second-order valence-corrected chi connectivity index (χ2v) is 6.09. The minimum Gasteiger partial charge on any atom is -0.336 e. The molecule has 0 bridgehead atoms. The maximum absolute atomic E-state index is 12.8. The normalized spacial score (nSPS) is 29.0. The van der Waals surface area contributed by atoms with E-state index in [1.807, 2.05) is 19.2 Å². The Bertz CT molecular complexity index is 458. The molecule has 1 aromatic heterocycles. The van der Waals surface area contributed by atoms with Crippen LogP contribution in [0.15, 0.2) is 18.5 Å². The number of carbonyl (C=O) groups is 1. The van der Waals surface area contributed by atoms with Crippen LogP contribution in [0.1, 0.15) is 38.6 Å². The summed E-state index contributed by atoms with van der Waals surface area (Å²) in [5.41, 5.74) is 0. The third kappa shape index (κ3) is 2.35. The molecule has 20 heavy (non-hydrogen) atoms. The van der Waals surface area contributed by atoms with Crippen molar-refractivity contribution in [2.24, 2.45) is 0 Å². The van der Waals surface area contributed by atoms with Crippen molar-refractivity contribution in [3.8, 4) is 0 Å². The highest BCUT2D eigenvalue weighted by atomic mass is 16.2. The van der Waals surface area contributed by atoms with Gasteiger partial charge in [0.1, 0.15) is 6.04 Å². The molecule has 1 amide bonds. The molecule has 110 valence electrons. The average Bonchev–Trinajstić information content (AvgIpc) is 3.17. The van der Waals surface area contributed by atoms with Gasteiger partial charge in [-0.25, -0.2) is 0 Å². The van der Waals surface area contributed by atoms with Crippen molar-refractivity contribution in [2.45, 2.75) is 50.7 Å². The number of nitrogens with zero attached hydrogens (tertiary/aromatic N) is 4. The molecule has 0 radical (unpaired) electrons. The van der Waals surface area contributed by atoms with E-state index >= 15 is 0 Å². The Kier molecular flexibility index (Phi) is 3.78. The standard InChI is InChI=1S/C15H24N4O/c1-12(19-11-5-8-16-19)15(20)18-10-4-7-14(18)13-6-3-9-17(13)2/h5,8,11-14H,3-4,6-7,9-10H2,1-2H3. The summed E-state index contributed by atoms with van der Waals surface area (Å²) in [7, 11) is 2.19. The van der Waals surface area contributed by atoms with Gasteiger partial charge in [-0.05, 0) is 52.3 Å². The molecule has 0 spiro atoms. The van der Waals surface area contributed by atoms with E-state index in [1.54, 1.807) is 10.9 Å². The fourth-order valence-electron chi connectivity index (χ4n) is 3.75. The van der Waals surface area contributed by atoms with Crippen molar-refractivity contribution in [1.82, 2.24) is 19.6 Å². The van der Waals surface area contributed by atoms with Crippen LogP contribution in [-0.4, -0.2) is 57.7 Å². The first-order valence-electron chi connectivity index (χ1n) is 7.68. The van der Waals surface area contributed by atoms with Crippen LogP contribution in [0.25, 0.3) is 0 Å². The third-order valence-corrected chi connectivity index (χ3v) is 4.88. The molecular weight excluding hydrogens is 252 g/mol. The van der Waals surface area contributed by atoms with Gasteiger partial charge in [0.05, 0.1) is 0 Å². The number of rotatable bonds is 3. The number of likely N-dealkylation sites (N-methyl/N-ethyl adjacent to an activating group) is 1. The fourth-order valence-corrected chi connectivity index (χ4v) is 3.75. The highest BCUT2D eigenvalue weighted by Crippen LogP contribution is 2.30. The Hall–Kier alpha value is -1.36. The second-order valence-electron chi connectivity index (χ2n) is 6.09. The summed E-state index contributed by atoms with van der Waals surface area (Å²) in [6.07, 6.45) is 8.36. The van der Waals surface area contributed by atoms with Crippen molar-refractivity contribution >= 4 is 5.91 Å². The number of amides is 1. The highest BCUT2D eigenvalue weighted by Gasteiger charge is 2.39. The van der Waals surface area contributed by atoms with Crippen LogP contribution >= 0.6 is 0 Å². The molecule has 2 fully saturated rings. The molecule has 0 N–H and O–H groups in total. The minimum absolute atomic E-state index is 0.197. The number of hydrogen-bond acceptors (Lipinski definition) is 3. The lowest BCUT2D eigenvalue weighted by Gasteiger charge is -2.34. The summed E-state index contributed by atoms with van der Waals surface area (Å²) in [4.78, 5) is 17.3. The highest BCUT2D eigenvalue weighted by molar-refractivity contribution is 5.80. The van der Waals surface area contributed by atoms with E-state index in [9.17, 15) is 4.79 Å². The zero-order valence-electron chi connectivity index (χ0n) is 12.4. The van der Waals surface area contributed by atoms with Crippen LogP contribution in [0.3, 0.4) is 0 Å². The Morgan fingerprint density at radius 1 is 1.25 bits per heavy atom. The SMILES string of the molecule is CC(C(=O)N1CCCC1C1CCCN1C)n1cccn1. The van der Waals surface area contributed by atoms with E-state index in [0.717, 1.165) is 25.9 Å². The number of likely N-dealkylation sites (tertiary alicyclic amines) is 2. The van der Waals surface area contributed by atoms with Crippen molar-refractivity contribution in [3.63, 3.8) is 0 Å². The first kappa shape index (κ1) is 13.6. The van der Waals surface area contributed by atoms with E-state index in [4.69, 9.17) is 0 Å². The zero-order chi connectivity index (χ0) is 14.1. The van der Waals surface area contributed by atoms with Crippen molar-refractivity contribution < 1.29 is 4.79 Å². The van der Waals surface area contributed by atoms with Gasteiger partial charge in [-0.15, -0.1) is 0 Å². The van der Waals surface area contributed by atoms with Gasteiger partial charge in [-0.1, -0.05) is 0 Å². The van der Waals surface area contributed by atoms with Crippen molar-refractivity contribution in [2.75, 3.05) is 20.1 Å². The molecule has 0 saturated carbocycles. The van der Waals surface area contributed by atoms with Crippen LogP contribution < -0.4 is 0 Å². The smallest absolute Gasteiger partial charge is 0.247 e. The molecular formula is C15H24N4O. The van der Waals surface area contributed by atoms with E-state index in [-0.39, 0.29) is 11.9 Å². The van der Waals surface area contributed by atoms with Crippen molar-refractivity contribution in [3.05, 3.63) is 18.5 Å². The lowest BCUT2D eigenvalue weighted by Crippen LogP contribution is -2.48. The summed E-state index contributed by atoms with van der Waals surface area (Å²) < 4.78 is 1.76. The number of carbonyl (C=O) groups excluding carboxylic acids is 1. The average molecular weight is 276 g/mol. The quantitative estimate of drug-likeness (QED) is 0.840. The summed E-state index contributed by atoms with van der Waals surface area (Å²) in [5.74, 6) is 0.219. The van der Waals surface area contributed by atoms with E-state index < -0.39 is 0 Å². The predicted molar refractivity (Wildman–Crippen MR) is 77.3 cm³/mol. The number of hydrogen-bond donors (Lipinski definition) is 0. The third-order valence-electron chi connectivity index (χ3n) is 4.88. The second kappa shape index (κ2) is 5.56. The zero-order valence-corrected chi connectivity index (χ0v) is 12.4. The largest absolute Gasteiger partial charge is 0.336 e. The Morgan fingerprint density at radius 3 is 2.65 bits per heavy atom. The Morgan fingerprint density at radius 2 is 2.00 bits per heavy atom. The topological polar surface area (TPSA) is 41.4 Å². The fraction of sp³-hybridized carbons (Fsp3) is 0.733. The molecule has 5 nitrogen and oxygen atoms in total. The van der Waals surface area contributed by atoms with Crippen LogP contribution in [0.2, 0.25) is 0 Å². The van der Waals surface area contributed by atoms with Gasteiger partial charge in [-0.3, -0.25) is 9.48 Å². The van der Waals surface area contributed by atoms with Crippen LogP contribution in [0.4, 0.5) is 0 Å². The Labute approximate surface area is 120 Å². The minimum atomic E-state index is -0.197.